The molecule has 1 aromatic heterocycles. The van der Waals surface area contributed by atoms with E-state index in [4.69, 9.17) is 0 Å². The van der Waals surface area contributed by atoms with Gasteiger partial charge < -0.3 is 4.74 Å². The summed E-state index contributed by atoms with van der Waals surface area (Å²) in [6.45, 7) is 1.87. The number of nitrogens with one attached hydrogen (secondary N) is 1. The van der Waals surface area contributed by atoms with Crippen molar-refractivity contribution >= 4 is 11.8 Å². The van der Waals surface area contributed by atoms with Crippen LogP contribution in [0.15, 0.2) is 24.5 Å². The van der Waals surface area contributed by atoms with Gasteiger partial charge in [-0.3, -0.25) is 5.32 Å². The van der Waals surface area contributed by atoms with E-state index in [0.717, 1.165) is 0 Å². The van der Waals surface area contributed by atoms with Gasteiger partial charge in [-0.05, 0) is 35.5 Å². The van der Waals surface area contributed by atoms with Crippen LogP contribution in [-0.4, -0.2) is 32.9 Å². The maximum Gasteiger partial charge on any atom is 0.411 e. The van der Waals surface area contributed by atoms with Crippen molar-refractivity contribution in [1.82, 2.24) is 20.2 Å². The summed E-state index contributed by atoms with van der Waals surface area (Å²) in [4.78, 5) is 11.2. The Morgan fingerprint density at radius 1 is 1.56 bits per heavy atom. The first-order chi connectivity index (χ1) is 8.70. The summed E-state index contributed by atoms with van der Waals surface area (Å²) in [5.41, 5.74) is 0.523. The molecule has 7 nitrogen and oxygen atoms in total. The summed E-state index contributed by atoms with van der Waals surface area (Å²) in [5.74, 6) is -0.570. The van der Waals surface area contributed by atoms with Gasteiger partial charge in [-0.25, -0.2) is 13.9 Å². The van der Waals surface area contributed by atoms with Crippen LogP contribution in [0.25, 0.3) is 5.69 Å². The lowest BCUT2D eigenvalue weighted by atomic mass is 10.2. The summed E-state index contributed by atoms with van der Waals surface area (Å²) >= 11 is 0. The van der Waals surface area contributed by atoms with Crippen LogP contribution in [0.5, 0.6) is 0 Å². The molecule has 1 aromatic carbocycles. The lowest BCUT2D eigenvalue weighted by molar-refractivity contribution is 0.168. The second-order valence-electron chi connectivity index (χ2n) is 3.26. The van der Waals surface area contributed by atoms with Crippen LogP contribution in [0.2, 0.25) is 0 Å². The Bertz CT molecular complexity index is 543. The molecule has 8 heteroatoms. The van der Waals surface area contributed by atoms with Crippen LogP contribution in [-0.2, 0) is 4.74 Å². The number of carbonyl (C=O) groups is 1. The van der Waals surface area contributed by atoms with Crippen molar-refractivity contribution in [3.8, 4) is 5.69 Å². The first-order valence-corrected chi connectivity index (χ1v) is 5.17. The molecule has 0 aliphatic rings. The van der Waals surface area contributed by atoms with E-state index < -0.39 is 11.9 Å². The maximum atomic E-state index is 13.5. The van der Waals surface area contributed by atoms with Gasteiger partial charge in [0, 0.05) is 0 Å². The van der Waals surface area contributed by atoms with E-state index in [2.05, 4.69) is 25.6 Å². The van der Waals surface area contributed by atoms with Gasteiger partial charge in [0.1, 0.15) is 12.1 Å². The number of hydrogen-bond acceptors (Lipinski definition) is 5. The van der Waals surface area contributed by atoms with Gasteiger partial charge in [0.25, 0.3) is 0 Å². The Morgan fingerprint density at radius 3 is 3.06 bits per heavy atom. The number of ether oxygens (including phenoxy) is 1. The first kappa shape index (κ1) is 12.0. The third-order valence-corrected chi connectivity index (χ3v) is 2.08. The molecule has 0 fully saturated rings. The summed E-state index contributed by atoms with van der Waals surface area (Å²) < 4.78 is 19.5. The molecule has 0 saturated carbocycles. The SMILES string of the molecule is CCOC(=O)Nc1cc(-n2cnnn2)ccc1F. The average molecular weight is 251 g/mol. The highest BCUT2D eigenvalue weighted by Crippen LogP contribution is 2.18. The molecule has 1 heterocycles. The number of rotatable bonds is 3. The van der Waals surface area contributed by atoms with Crippen LogP contribution in [0.3, 0.4) is 0 Å². The molecule has 2 rings (SSSR count). The fourth-order valence-corrected chi connectivity index (χ4v) is 1.31. The number of aromatic nitrogens is 4. The van der Waals surface area contributed by atoms with Crippen LogP contribution < -0.4 is 5.32 Å². The molecular weight excluding hydrogens is 241 g/mol. The zero-order chi connectivity index (χ0) is 13.0. The topological polar surface area (TPSA) is 81.9 Å². The molecule has 0 atom stereocenters. The normalized spacial score (nSPS) is 10.1. The quantitative estimate of drug-likeness (QED) is 0.890. The highest BCUT2D eigenvalue weighted by atomic mass is 19.1. The molecule has 1 N–H and O–H groups in total. The number of amides is 1. The molecule has 94 valence electrons. The molecule has 0 aliphatic carbocycles. The Hall–Kier alpha value is -2.51. The molecule has 0 spiro atoms. The van der Waals surface area contributed by atoms with Gasteiger partial charge in [-0.2, -0.15) is 0 Å². The van der Waals surface area contributed by atoms with Crippen LogP contribution >= 0.6 is 0 Å². The number of nitrogens with zero attached hydrogens (tertiary/aromatic N) is 4. The molecule has 0 saturated heterocycles. The zero-order valence-corrected chi connectivity index (χ0v) is 9.50. The molecule has 0 unspecified atom stereocenters. The van der Waals surface area contributed by atoms with E-state index in [1.807, 2.05) is 0 Å². The lowest BCUT2D eigenvalue weighted by Crippen LogP contribution is -2.14. The smallest absolute Gasteiger partial charge is 0.411 e. The van der Waals surface area contributed by atoms with E-state index in [0.29, 0.717) is 5.69 Å². The highest BCUT2D eigenvalue weighted by Gasteiger charge is 2.09. The fraction of sp³-hybridized carbons (Fsp3) is 0.200. The van der Waals surface area contributed by atoms with Crippen LogP contribution in [0.4, 0.5) is 14.9 Å². The monoisotopic (exact) mass is 251 g/mol. The van der Waals surface area contributed by atoms with Gasteiger partial charge in [0.2, 0.25) is 0 Å². The number of hydrogen-bond donors (Lipinski definition) is 1. The number of benzene rings is 1. The minimum atomic E-state index is -0.717. The first-order valence-electron chi connectivity index (χ1n) is 5.17. The standard InChI is InChI=1S/C10H10FN5O2/c1-2-18-10(17)13-9-5-7(3-4-8(9)11)16-6-12-14-15-16/h3-6H,2H2,1H3,(H,13,17). The van der Waals surface area contributed by atoms with E-state index in [9.17, 15) is 9.18 Å². The van der Waals surface area contributed by atoms with Crippen molar-refractivity contribution in [3.05, 3.63) is 30.3 Å². The molecular formula is C10H10FN5O2. The second-order valence-corrected chi connectivity index (χ2v) is 3.26. The predicted octanol–water partition coefficient (Wildman–Crippen LogP) is 1.37. The molecule has 2 aromatic rings. The molecule has 0 aliphatic heterocycles. The molecule has 0 bridgehead atoms. The molecule has 1 amide bonds. The fourth-order valence-electron chi connectivity index (χ4n) is 1.31. The van der Waals surface area contributed by atoms with E-state index in [1.165, 1.54) is 29.2 Å². The predicted molar refractivity (Wildman–Crippen MR) is 59.8 cm³/mol. The molecule has 18 heavy (non-hydrogen) atoms. The van der Waals surface area contributed by atoms with E-state index in [1.54, 1.807) is 6.92 Å². The second kappa shape index (κ2) is 5.21. The minimum absolute atomic E-state index is 0.00134. The number of halogens is 1. The summed E-state index contributed by atoms with van der Waals surface area (Å²) in [6, 6.07) is 4.10. The minimum Gasteiger partial charge on any atom is -0.450 e. The van der Waals surface area contributed by atoms with Crippen molar-refractivity contribution in [2.75, 3.05) is 11.9 Å². The largest absolute Gasteiger partial charge is 0.450 e. The molecule has 0 radical (unpaired) electrons. The Balaban J connectivity index is 2.24. The van der Waals surface area contributed by atoms with E-state index >= 15 is 0 Å². The number of carbonyl (C=O) groups excluding carboxylic acids is 1. The summed E-state index contributed by atoms with van der Waals surface area (Å²) in [6.07, 6.45) is 0.645. The average Bonchev–Trinajstić information content (AvgIpc) is 2.86. The number of tetrazole rings is 1. The van der Waals surface area contributed by atoms with Crippen LogP contribution in [0.1, 0.15) is 6.92 Å². The third kappa shape index (κ3) is 2.59. The van der Waals surface area contributed by atoms with Gasteiger partial charge in [-0.1, -0.05) is 0 Å². The maximum absolute atomic E-state index is 13.5. The summed E-state index contributed by atoms with van der Waals surface area (Å²) in [5, 5.41) is 12.9. The van der Waals surface area contributed by atoms with Crippen LogP contribution in [0, 0.1) is 5.82 Å². The zero-order valence-electron chi connectivity index (χ0n) is 9.50. The van der Waals surface area contributed by atoms with Crippen molar-refractivity contribution in [2.24, 2.45) is 0 Å². The summed E-state index contributed by atoms with van der Waals surface area (Å²) in [7, 11) is 0. The van der Waals surface area contributed by atoms with Crippen molar-refractivity contribution in [3.63, 3.8) is 0 Å². The van der Waals surface area contributed by atoms with Crippen molar-refractivity contribution < 1.29 is 13.9 Å². The van der Waals surface area contributed by atoms with Crippen molar-refractivity contribution in [1.29, 1.82) is 0 Å². The Kier molecular flexibility index (Phi) is 3.46. The van der Waals surface area contributed by atoms with Crippen molar-refractivity contribution in [2.45, 2.75) is 6.92 Å². The Labute approximate surface area is 102 Å². The highest BCUT2D eigenvalue weighted by molar-refractivity contribution is 5.85. The third-order valence-electron chi connectivity index (χ3n) is 2.08. The van der Waals surface area contributed by atoms with Gasteiger partial charge >= 0.3 is 6.09 Å². The van der Waals surface area contributed by atoms with Gasteiger partial charge in [-0.15, -0.1) is 5.10 Å². The van der Waals surface area contributed by atoms with Gasteiger partial charge in [0.15, 0.2) is 0 Å². The number of anilines is 1. The van der Waals surface area contributed by atoms with Gasteiger partial charge in [0.05, 0.1) is 18.0 Å². The Morgan fingerprint density at radius 2 is 2.39 bits per heavy atom. The lowest BCUT2D eigenvalue weighted by Gasteiger charge is -2.08. The van der Waals surface area contributed by atoms with E-state index in [-0.39, 0.29) is 12.3 Å².